The lowest BCUT2D eigenvalue weighted by atomic mass is 10.3. The molecule has 18 heavy (non-hydrogen) atoms. The highest BCUT2D eigenvalue weighted by Gasteiger charge is 2.13. The molecule has 0 aromatic heterocycles. The number of benzene rings is 1. The van der Waals surface area contributed by atoms with Gasteiger partial charge < -0.3 is 10.2 Å². The number of rotatable bonds is 4. The average molecular weight is 275 g/mol. The van der Waals surface area contributed by atoms with Gasteiger partial charge in [-0.1, -0.05) is 0 Å². The molecule has 0 fully saturated rings. The summed E-state index contributed by atoms with van der Waals surface area (Å²) < 4.78 is 35.5. The number of hydrogen-bond acceptors (Lipinski definition) is 4. The molecule has 0 aliphatic carbocycles. The normalized spacial score (nSPS) is 11.6. The molecule has 0 heterocycles. The van der Waals surface area contributed by atoms with Crippen LogP contribution in [0.4, 0.5) is 10.1 Å². The number of nitrogens with one attached hydrogen (secondary N) is 1. The lowest BCUT2D eigenvalue weighted by Crippen LogP contribution is -2.27. The predicted molar refractivity (Wildman–Crippen MR) is 65.0 cm³/mol. The molecule has 0 saturated carbocycles. The second-order valence-electron chi connectivity index (χ2n) is 3.97. The van der Waals surface area contributed by atoms with Crippen molar-refractivity contribution in [2.24, 2.45) is 5.14 Å². The van der Waals surface area contributed by atoms with Crippen molar-refractivity contribution in [3.8, 4) is 0 Å². The van der Waals surface area contributed by atoms with Crippen molar-refractivity contribution in [1.29, 1.82) is 0 Å². The quantitative estimate of drug-likeness (QED) is 0.807. The molecule has 1 aromatic rings. The molecule has 6 nitrogen and oxygen atoms in total. The maximum absolute atomic E-state index is 13.5. The van der Waals surface area contributed by atoms with Crippen LogP contribution in [-0.4, -0.2) is 39.9 Å². The Labute approximate surface area is 105 Å². The van der Waals surface area contributed by atoms with E-state index in [0.29, 0.717) is 0 Å². The van der Waals surface area contributed by atoms with Crippen LogP contribution in [0.3, 0.4) is 0 Å². The van der Waals surface area contributed by atoms with E-state index in [9.17, 15) is 17.6 Å². The summed E-state index contributed by atoms with van der Waals surface area (Å²) in [6.45, 7) is 0.0936. The molecule has 1 aromatic carbocycles. The molecule has 0 saturated heterocycles. The van der Waals surface area contributed by atoms with Crippen LogP contribution < -0.4 is 10.5 Å². The summed E-state index contributed by atoms with van der Waals surface area (Å²) >= 11 is 0. The standard InChI is InChI=1S/C10H14FN3O3S/c1-14(2)6-10(15)13-9-4-3-7(5-8(9)11)18(12,16)17/h3-5H,6H2,1-2H3,(H,13,15)(H2,12,16,17). The zero-order valence-electron chi connectivity index (χ0n) is 9.97. The van der Waals surface area contributed by atoms with Gasteiger partial charge in [0.2, 0.25) is 15.9 Å². The van der Waals surface area contributed by atoms with Crippen LogP contribution in [-0.2, 0) is 14.8 Å². The van der Waals surface area contributed by atoms with Gasteiger partial charge in [-0.15, -0.1) is 0 Å². The van der Waals surface area contributed by atoms with E-state index in [4.69, 9.17) is 5.14 Å². The minimum atomic E-state index is -3.95. The van der Waals surface area contributed by atoms with E-state index >= 15 is 0 Å². The second kappa shape index (κ2) is 5.42. The maximum Gasteiger partial charge on any atom is 0.238 e. The van der Waals surface area contributed by atoms with Crippen molar-refractivity contribution in [3.05, 3.63) is 24.0 Å². The summed E-state index contributed by atoms with van der Waals surface area (Å²) in [4.78, 5) is 12.7. The number of primary sulfonamides is 1. The van der Waals surface area contributed by atoms with Crippen LogP contribution >= 0.6 is 0 Å². The zero-order chi connectivity index (χ0) is 13.9. The van der Waals surface area contributed by atoms with Crippen LogP contribution in [0.15, 0.2) is 23.1 Å². The minimum absolute atomic E-state index is 0.0887. The molecule has 100 valence electrons. The van der Waals surface area contributed by atoms with Gasteiger partial charge in [0.15, 0.2) is 0 Å². The molecule has 1 rings (SSSR count). The van der Waals surface area contributed by atoms with Crippen molar-refractivity contribution < 1.29 is 17.6 Å². The Morgan fingerprint density at radius 3 is 2.50 bits per heavy atom. The molecule has 8 heteroatoms. The Morgan fingerprint density at radius 2 is 2.06 bits per heavy atom. The van der Waals surface area contributed by atoms with Crippen LogP contribution in [0, 0.1) is 5.82 Å². The Hall–Kier alpha value is -1.51. The van der Waals surface area contributed by atoms with E-state index in [1.807, 2.05) is 0 Å². The number of nitrogens with two attached hydrogens (primary N) is 1. The SMILES string of the molecule is CN(C)CC(=O)Nc1ccc(S(N)(=O)=O)cc1F. The summed E-state index contributed by atoms with van der Waals surface area (Å²) in [5, 5.41) is 7.18. The van der Waals surface area contributed by atoms with Gasteiger partial charge in [0.1, 0.15) is 5.82 Å². The van der Waals surface area contributed by atoms with Gasteiger partial charge in [-0.05, 0) is 32.3 Å². The lowest BCUT2D eigenvalue weighted by Gasteiger charge is -2.11. The Bertz CT molecular complexity index is 557. The molecule has 0 spiro atoms. The summed E-state index contributed by atoms with van der Waals surface area (Å²) in [5.74, 6) is -1.25. The molecule has 0 atom stereocenters. The Morgan fingerprint density at radius 1 is 1.44 bits per heavy atom. The predicted octanol–water partition coefficient (Wildman–Crippen LogP) is -0.0268. The fourth-order valence-electron chi connectivity index (χ4n) is 1.25. The molecule has 0 radical (unpaired) electrons. The van der Waals surface area contributed by atoms with Gasteiger partial charge in [0.05, 0.1) is 17.1 Å². The van der Waals surface area contributed by atoms with Gasteiger partial charge in [-0.25, -0.2) is 17.9 Å². The summed E-state index contributed by atoms with van der Waals surface area (Å²) in [7, 11) is -0.562. The van der Waals surface area contributed by atoms with E-state index < -0.39 is 21.7 Å². The first kappa shape index (κ1) is 14.6. The highest BCUT2D eigenvalue weighted by atomic mass is 32.2. The molecule has 0 unspecified atom stereocenters. The fraction of sp³-hybridized carbons (Fsp3) is 0.300. The Balaban J connectivity index is 2.90. The van der Waals surface area contributed by atoms with Gasteiger partial charge in [-0.3, -0.25) is 4.79 Å². The van der Waals surface area contributed by atoms with E-state index in [-0.39, 0.29) is 17.1 Å². The van der Waals surface area contributed by atoms with Crippen LogP contribution in [0.1, 0.15) is 0 Å². The number of carbonyl (C=O) groups is 1. The first-order valence-electron chi connectivity index (χ1n) is 4.97. The van der Waals surface area contributed by atoms with Crippen molar-refractivity contribution in [1.82, 2.24) is 4.90 Å². The molecule has 0 aliphatic heterocycles. The first-order chi connectivity index (χ1) is 8.20. The van der Waals surface area contributed by atoms with Crippen LogP contribution in [0.5, 0.6) is 0 Å². The third-order valence-electron chi connectivity index (χ3n) is 2.00. The van der Waals surface area contributed by atoms with Crippen molar-refractivity contribution >= 4 is 21.6 Å². The number of sulfonamides is 1. The number of nitrogens with zero attached hydrogens (tertiary/aromatic N) is 1. The number of carbonyl (C=O) groups excluding carboxylic acids is 1. The van der Waals surface area contributed by atoms with Gasteiger partial charge in [-0.2, -0.15) is 0 Å². The highest BCUT2D eigenvalue weighted by molar-refractivity contribution is 7.89. The fourth-order valence-corrected chi connectivity index (χ4v) is 1.78. The zero-order valence-corrected chi connectivity index (χ0v) is 10.8. The minimum Gasteiger partial charge on any atom is -0.322 e. The first-order valence-corrected chi connectivity index (χ1v) is 6.51. The highest BCUT2D eigenvalue weighted by Crippen LogP contribution is 2.18. The third-order valence-corrected chi connectivity index (χ3v) is 2.91. The monoisotopic (exact) mass is 275 g/mol. The molecule has 0 aliphatic rings. The van der Waals surface area contributed by atoms with Gasteiger partial charge in [0, 0.05) is 0 Å². The summed E-state index contributed by atoms with van der Waals surface area (Å²) in [6, 6.07) is 3.05. The van der Waals surface area contributed by atoms with E-state index in [1.54, 1.807) is 19.0 Å². The molecule has 0 bridgehead atoms. The number of likely N-dealkylation sites (N-methyl/N-ethyl adjacent to an activating group) is 1. The molecular weight excluding hydrogens is 261 g/mol. The summed E-state index contributed by atoms with van der Waals surface area (Å²) in [6.07, 6.45) is 0. The third kappa shape index (κ3) is 4.06. The largest absolute Gasteiger partial charge is 0.322 e. The molecule has 3 N–H and O–H groups in total. The number of halogens is 1. The number of amides is 1. The van der Waals surface area contributed by atoms with Crippen molar-refractivity contribution in [2.45, 2.75) is 4.90 Å². The van der Waals surface area contributed by atoms with Crippen molar-refractivity contribution in [2.75, 3.05) is 26.0 Å². The van der Waals surface area contributed by atoms with E-state index in [2.05, 4.69) is 5.32 Å². The Kier molecular flexibility index (Phi) is 4.38. The smallest absolute Gasteiger partial charge is 0.238 e. The van der Waals surface area contributed by atoms with Crippen molar-refractivity contribution in [3.63, 3.8) is 0 Å². The topological polar surface area (TPSA) is 92.5 Å². The maximum atomic E-state index is 13.5. The second-order valence-corrected chi connectivity index (χ2v) is 5.53. The summed E-state index contributed by atoms with van der Waals surface area (Å²) in [5.41, 5.74) is -0.0887. The van der Waals surface area contributed by atoms with E-state index in [1.165, 1.54) is 0 Å². The van der Waals surface area contributed by atoms with Crippen LogP contribution in [0.25, 0.3) is 0 Å². The molecular formula is C10H14FN3O3S. The van der Waals surface area contributed by atoms with Gasteiger partial charge >= 0.3 is 0 Å². The molecule has 1 amide bonds. The number of hydrogen-bond donors (Lipinski definition) is 2. The lowest BCUT2D eigenvalue weighted by molar-refractivity contribution is -0.116. The van der Waals surface area contributed by atoms with Gasteiger partial charge in [0.25, 0.3) is 0 Å². The number of anilines is 1. The average Bonchev–Trinajstić information content (AvgIpc) is 2.18. The van der Waals surface area contributed by atoms with E-state index in [0.717, 1.165) is 18.2 Å². The van der Waals surface area contributed by atoms with Crippen LogP contribution in [0.2, 0.25) is 0 Å².